The fourth-order valence-corrected chi connectivity index (χ4v) is 2.21. The first-order chi connectivity index (χ1) is 6.19. The average molecular weight is 217 g/mol. The van der Waals surface area contributed by atoms with Crippen LogP contribution in [0.3, 0.4) is 0 Å². The molecule has 0 saturated heterocycles. The minimum atomic E-state index is -0.141. The van der Waals surface area contributed by atoms with E-state index in [2.05, 4.69) is 10.3 Å². The molecule has 0 saturated carbocycles. The zero-order chi connectivity index (χ0) is 9.84. The highest BCUT2D eigenvalue weighted by atomic mass is 32.2. The van der Waals surface area contributed by atoms with Crippen LogP contribution in [0.2, 0.25) is 0 Å². The minimum Gasteiger partial charge on any atom is -0.382 e. The SMILES string of the molecule is CCNC(=O)c1sc(SC)nc1N. The minimum absolute atomic E-state index is 0.141. The number of amides is 1. The summed E-state index contributed by atoms with van der Waals surface area (Å²) in [5.74, 6) is 0.179. The van der Waals surface area contributed by atoms with Crippen LogP contribution in [-0.2, 0) is 0 Å². The first-order valence-corrected chi connectivity index (χ1v) is 5.81. The molecular weight excluding hydrogens is 206 g/mol. The van der Waals surface area contributed by atoms with Gasteiger partial charge in [0.05, 0.1) is 0 Å². The zero-order valence-corrected chi connectivity index (χ0v) is 9.09. The summed E-state index contributed by atoms with van der Waals surface area (Å²) in [6, 6.07) is 0. The Morgan fingerprint density at radius 2 is 2.46 bits per heavy atom. The fourth-order valence-electron chi connectivity index (χ4n) is 0.802. The molecule has 0 radical (unpaired) electrons. The Labute approximate surface area is 84.9 Å². The predicted octanol–water partition coefficient (Wildman–Crippen LogP) is 1.20. The van der Waals surface area contributed by atoms with Crippen molar-refractivity contribution >= 4 is 34.8 Å². The van der Waals surface area contributed by atoms with Crippen molar-refractivity contribution in [3.05, 3.63) is 4.88 Å². The molecule has 0 spiro atoms. The van der Waals surface area contributed by atoms with Crippen molar-refractivity contribution in [2.45, 2.75) is 11.3 Å². The lowest BCUT2D eigenvalue weighted by Gasteiger charge is -1.97. The maximum Gasteiger partial charge on any atom is 0.265 e. The Morgan fingerprint density at radius 3 is 2.92 bits per heavy atom. The number of hydrogen-bond donors (Lipinski definition) is 2. The molecule has 13 heavy (non-hydrogen) atoms. The van der Waals surface area contributed by atoms with E-state index in [1.807, 2.05) is 13.2 Å². The molecule has 1 heterocycles. The van der Waals surface area contributed by atoms with E-state index in [0.29, 0.717) is 17.2 Å². The summed E-state index contributed by atoms with van der Waals surface area (Å²) in [5, 5.41) is 2.68. The smallest absolute Gasteiger partial charge is 0.265 e. The molecule has 0 atom stereocenters. The third-order valence-electron chi connectivity index (χ3n) is 1.35. The first-order valence-electron chi connectivity index (χ1n) is 3.77. The summed E-state index contributed by atoms with van der Waals surface area (Å²) in [5.41, 5.74) is 5.57. The number of nitrogens with zero attached hydrogens (tertiary/aromatic N) is 1. The number of thioether (sulfide) groups is 1. The summed E-state index contributed by atoms with van der Waals surface area (Å²) in [6.07, 6.45) is 1.90. The highest BCUT2D eigenvalue weighted by Gasteiger charge is 2.14. The van der Waals surface area contributed by atoms with Gasteiger partial charge < -0.3 is 11.1 Å². The van der Waals surface area contributed by atoms with Gasteiger partial charge in [-0.25, -0.2) is 4.98 Å². The van der Waals surface area contributed by atoms with Crippen molar-refractivity contribution in [3.8, 4) is 0 Å². The quantitative estimate of drug-likeness (QED) is 0.746. The molecule has 0 unspecified atom stereocenters. The number of nitrogens with two attached hydrogens (primary N) is 1. The van der Waals surface area contributed by atoms with Gasteiger partial charge >= 0.3 is 0 Å². The maximum atomic E-state index is 11.4. The second-order valence-corrected chi connectivity index (χ2v) is 4.31. The summed E-state index contributed by atoms with van der Waals surface area (Å²) in [6.45, 7) is 2.47. The Balaban J connectivity index is 2.87. The molecule has 0 fully saturated rings. The maximum absolute atomic E-state index is 11.4. The largest absolute Gasteiger partial charge is 0.382 e. The summed E-state index contributed by atoms with van der Waals surface area (Å²) in [7, 11) is 0. The van der Waals surface area contributed by atoms with E-state index in [1.165, 1.54) is 23.1 Å². The third kappa shape index (κ3) is 2.35. The molecule has 0 aromatic carbocycles. The van der Waals surface area contributed by atoms with Gasteiger partial charge in [-0.3, -0.25) is 4.79 Å². The Hall–Kier alpha value is -0.750. The van der Waals surface area contributed by atoms with E-state index in [9.17, 15) is 4.79 Å². The van der Waals surface area contributed by atoms with E-state index in [4.69, 9.17) is 5.73 Å². The highest BCUT2D eigenvalue weighted by Crippen LogP contribution is 2.26. The van der Waals surface area contributed by atoms with Crippen LogP contribution in [0.4, 0.5) is 5.82 Å². The number of rotatable bonds is 3. The number of nitrogens with one attached hydrogen (secondary N) is 1. The van der Waals surface area contributed by atoms with Gasteiger partial charge in [-0.05, 0) is 13.2 Å². The van der Waals surface area contributed by atoms with E-state index >= 15 is 0 Å². The molecule has 3 N–H and O–H groups in total. The normalized spacial score (nSPS) is 10.0. The summed E-state index contributed by atoms with van der Waals surface area (Å²) < 4.78 is 0.818. The van der Waals surface area contributed by atoms with Crippen LogP contribution in [0.25, 0.3) is 0 Å². The predicted molar refractivity (Wildman–Crippen MR) is 56.3 cm³/mol. The van der Waals surface area contributed by atoms with Gasteiger partial charge in [-0.15, -0.1) is 11.3 Å². The van der Waals surface area contributed by atoms with Crippen molar-refractivity contribution < 1.29 is 4.79 Å². The molecule has 1 amide bonds. The molecule has 0 bridgehead atoms. The van der Waals surface area contributed by atoms with Gasteiger partial charge in [0, 0.05) is 6.54 Å². The van der Waals surface area contributed by atoms with E-state index in [1.54, 1.807) is 0 Å². The number of aromatic nitrogens is 1. The Bertz CT molecular complexity index is 311. The van der Waals surface area contributed by atoms with Crippen LogP contribution in [-0.4, -0.2) is 23.7 Å². The van der Waals surface area contributed by atoms with Crippen LogP contribution in [0.5, 0.6) is 0 Å². The van der Waals surface area contributed by atoms with E-state index < -0.39 is 0 Å². The van der Waals surface area contributed by atoms with Crippen LogP contribution in [0.15, 0.2) is 4.34 Å². The average Bonchev–Trinajstić information content (AvgIpc) is 2.47. The number of carbonyl (C=O) groups is 1. The number of anilines is 1. The highest BCUT2D eigenvalue weighted by molar-refractivity contribution is 8.00. The number of thiazole rings is 1. The second kappa shape index (κ2) is 4.48. The number of hydrogen-bond acceptors (Lipinski definition) is 5. The lowest BCUT2D eigenvalue weighted by atomic mass is 10.4. The zero-order valence-electron chi connectivity index (χ0n) is 7.46. The van der Waals surface area contributed by atoms with Gasteiger partial charge in [0.15, 0.2) is 4.34 Å². The molecule has 72 valence electrons. The fraction of sp³-hybridized carbons (Fsp3) is 0.429. The first kappa shape index (κ1) is 10.3. The van der Waals surface area contributed by atoms with Crippen LogP contribution in [0.1, 0.15) is 16.6 Å². The van der Waals surface area contributed by atoms with Crippen molar-refractivity contribution in [1.29, 1.82) is 0 Å². The Morgan fingerprint density at radius 1 is 1.77 bits per heavy atom. The summed E-state index contributed by atoms with van der Waals surface area (Å²) >= 11 is 2.81. The molecule has 4 nitrogen and oxygen atoms in total. The topological polar surface area (TPSA) is 68.0 Å². The molecule has 1 rings (SSSR count). The van der Waals surface area contributed by atoms with Crippen molar-refractivity contribution in [2.75, 3.05) is 18.5 Å². The van der Waals surface area contributed by atoms with Gasteiger partial charge in [-0.2, -0.15) is 0 Å². The standard InChI is InChI=1S/C7H11N3OS2/c1-3-9-6(11)4-5(8)10-7(12-2)13-4/h3,8H2,1-2H3,(H,9,11). The van der Waals surface area contributed by atoms with E-state index in [-0.39, 0.29) is 5.91 Å². The van der Waals surface area contributed by atoms with Gasteiger partial charge in [-0.1, -0.05) is 11.8 Å². The van der Waals surface area contributed by atoms with Gasteiger partial charge in [0.2, 0.25) is 0 Å². The lowest BCUT2D eigenvalue weighted by molar-refractivity contribution is 0.0960. The Kier molecular flexibility index (Phi) is 3.56. The molecule has 0 aliphatic carbocycles. The number of carbonyl (C=O) groups excluding carboxylic acids is 1. The molecule has 1 aromatic rings. The van der Waals surface area contributed by atoms with Crippen molar-refractivity contribution in [2.24, 2.45) is 0 Å². The van der Waals surface area contributed by atoms with Gasteiger partial charge in [0.1, 0.15) is 10.7 Å². The van der Waals surface area contributed by atoms with Crippen LogP contribution >= 0.6 is 23.1 Å². The van der Waals surface area contributed by atoms with Crippen LogP contribution < -0.4 is 11.1 Å². The van der Waals surface area contributed by atoms with E-state index in [0.717, 1.165) is 4.34 Å². The molecule has 1 aromatic heterocycles. The lowest BCUT2D eigenvalue weighted by Crippen LogP contribution is -2.22. The second-order valence-electron chi connectivity index (χ2n) is 2.26. The molecular formula is C7H11N3OS2. The third-order valence-corrected chi connectivity index (χ3v) is 3.41. The van der Waals surface area contributed by atoms with Crippen LogP contribution in [0, 0.1) is 0 Å². The molecule has 0 aliphatic heterocycles. The monoisotopic (exact) mass is 217 g/mol. The number of nitrogen functional groups attached to an aromatic ring is 1. The molecule has 0 aliphatic rings. The molecule has 6 heteroatoms. The van der Waals surface area contributed by atoms with Gasteiger partial charge in [0.25, 0.3) is 5.91 Å². The summed E-state index contributed by atoms with van der Waals surface area (Å²) in [4.78, 5) is 15.9. The van der Waals surface area contributed by atoms with Crippen molar-refractivity contribution in [3.63, 3.8) is 0 Å². The van der Waals surface area contributed by atoms with Crippen molar-refractivity contribution in [1.82, 2.24) is 10.3 Å².